The van der Waals surface area contributed by atoms with Gasteiger partial charge < -0.3 is 12.2 Å². The van der Waals surface area contributed by atoms with Gasteiger partial charge in [0.15, 0.2) is 0 Å². The van der Waals surface area contributed by atoms with Crippen LogP contribution in [0.5, 0.6) is 0 Å². The van der Waals surface area contributed by atoms with Crippen molar-refractivity contribution >= 4 is 5.97 Å². The third kappa shape index (κ3) is 6.81. The Morgan fingerprint density at radius 2 is 2.07 bits per heavy atom. The number of benzene rings is 1. The van der Waals surface area contributed by atoms with Gasteiger partial charge in [-0.2, -0.15) is 30.3 Å². The first kappa shape index (κ1) is 15.8. The van der Waals surface area contributed by atoms with Crippen LogP contribution in [-0.4, -0.2) is 13.1 Å². The second kappa shape index (κ2) is 10.4. The van der Waals surface area contributed by atoms with E-state index in [4.69, 9.17) is 4.47 Å². The molecule has 1 aromatic rings. The second-order valence-corrected chi connectivity index (χ2v) is 2.56. The molecule has 0 saturated carbocycles. The Bertz CT molecular complexity index is 291. The van der Waals surface area contributed by atoms with Gasteiger partial charge in [-0.15, -0.1) is 0 Å². The summed E-state index contributed by atoms with van der Waals surface area (Å²) in [5.74, 6) is -0.322. The van der Waals surface area contributed by atoms with Gasteiger partial charge in [-0.25, -0.2) is 0 Å². The van der Waals surface area contributed by atoms with Crippen molar-refractivity contribution in [2.45, 2.75) is 0 Å². The molecule has 1 aromatic carbocycles. The van der Waals surface area contributed by atoms with Gasteiger partial charge in [-0.1, -0.05) is 5.56 Å². The van der Waals surface area contributed by atoms with E-state index >= 15 is 0 Å². The number of methoxy groups -OCH3 is 1. The van der Waals surface area contributed by atoms with E-state index in [1.165, 1.54) is 7.11 Å². The van der Waals surface area contributed by atoms with Crippen molar-refractivity contribution in [1.29, 1.82) is 0 Å². The molecule has 0 aromatic heterocycles. The van der Waals surface area contributed by atoms with Crippen LogP contribution in [-0.2, 0) is 9.21 Å². The zero-order valence-corrected chi connectivity index (χ0v) is 12.1. The molecule has 74 valence electrons. The Morgan fingerprint density at radius 1 is 1.50 bits per heavy atom. The molecule has 0 aliphatic carbocycles. The van der Waals surface area contributed by atoms with Crippen molar-refractivity contribution in [2.75, 3.05) is 7.11 Å². The van der Waals surface area contributed by atoms with E-state index in [0.717, 1.165) is 0 Å². The predicted molar refractivity (Wildman–Crippen MR) is 44.4 cm³/mol. The number of rotatable bonds is 1. The molecule has 0 saturated heterocycles. The zero-order chi connectivity index (χ0) is 10.1. The van der Waals surface area contributed by atoms with E-state index in [2.05, 4.69) is 10.8 Å². The molecule has 0 unspecified atom stereocenters. The van der Waals surface area contributed by atoms with Gasteiger partial charge in [0.2, 0.25) is 0 Å². The number of esters is 1. The van der Waals surface area contributed by atoms with Crippen molar-refractivity contribution in [1.82, 2.24) is 0 Å². The molecule has 0 bridgehead atoms. The quantitative estimate of drug-likeness (QED) is 0.511. The molecule has 14 heavy (non-hydrogen) atoms. The number of carbonyl (C=O) groups is 1. The van der Waals surface area contributed by atoms with Crippen LogP contribution in [0.2, 0.25) is 0 Å². The molecule has 5 heteroatoms. The summed E-state index contributed by atoms with van der Waals surface area (Å²) in [4.78, 5) is 10.8. The average molecular weight is 420 g/mol. The first-order valence-corrected chi connectivity index (χ1v) is 6.70. The number of hydrogen-bond acceptors (Lipinski definition) is 4. The van der Waals surface area contributed by atoms with Gasteiger partial charge in [0.25, 0.3) is 5.97 Å². The van der Waals surface area contributed by atoms with Crippen molar-refractivity contribution in [3.8, 4) is 0 Å². The van der Waals surface area contributed by atoms with Crippen LogP contribution >= 0.6 is 0 Å². The molecule has 0 aliphatic rings. The normalized spacial score (nSPS) is 6.93. The maximum atomic E-state index is 10.8. The Morgan fingerprint density at radius 3 is 2.43 bits per heavy atom. The van der Waals surface area contributed by atoms with Gasteiger partial charge in [0.1, 0.15) is 0 Å². The monoisotopic (exact) mass is 420 g/mol. The molecule has 1 rings (SSSR count). The third-order valence-electron chi connectivity index (χ3n) is 1.13. The second-order valence-electron chi connectivity index (χ2n) is 1.87. The Balaban J connectivity index is 0. The molecule has 0 heterocycles. The summed E-state index contributed by atoms with van der Waals surface area (Å²) >= 11 is -2.51. The van der Waals surface area contributed by atoms with Crippen LogP contribution < -0.4 is 0 Å². The molecule has 0 N–H and O–H groups in total. The van der Waals surface area contributed by atoms with Crippen molar-refractivity contribution in [2.24, 2.45) is 0 Å². The molecular formula is C9H10O4U. The van der Waals surface area contributed by atoms with E-state index in [1.807, 2.05) is 0 Å². The van der Waals surface area contributed by atoms with E-state index in [9.17, 15) is 4.79 Å². The molecule has 0 atom stereocenters. The van der Waals surface area contributed by atoms with Gasteiger partial charge in [0.05, 0.1) is 7.11 Å². The fraction of sp³-hybridized carbons (Fsp3) is 0.111. The summed E-state index contributed by atoms with van der Waals surface area (Å²) in [5.41, 5.74) is 0.532. The number of hydrogen-bond donors (Lipinski definition) is 0. The molecule has 4 nitrogen and oxygen atoms in total. The van der Waals surface area contributed by atoms with Crippen LogP contribution in [0, 0.1) is 41.3 Å². The van der Waals surface area contributed by atoms with Crippen LogP contribution in [0.4, 0.5) is 0 Å². The molecule has 0 fully saturated rings. The first-order valence-electron chi connectivity index (χ1n) is 3.30. The van der Waals surface area contributed by atoms with Gasteiger partial charge in [-0.3, -0.25) is 4.79 Å². The minimum atomic E-state index is -2.51. The third-order valence-corrected chi connectivity index (χ3v) is 1.13. The SMILES string of the molecule is COC(=O)c1c[c-]ccc1.[CH3-].[O]=[U+2]=[O]. The van der Waals surface area contributed by atoms with E-state index in [-0.39, 0.29) is 13.4 Å². The van der Waals surface area contributed by atoms with E-state index < -0.39 is 27.8 Å². The fourth-order valence-corrected chi connectivity index (χ4v) is 0.638. The summed E-state index contributed by atoms with van der Waals surface area (Å²) < 4.78 is 21.6. The van der Waals surface area contributed by atoms with Gasteiger partial charge in [-0.05, 0) is 0 Å². The molecule has 0 aliphatic heterocycles. The summed E-state index contributed by atoms with van der Waals surface area (Å²) in [6.07, 6.45) is 0. The summed E-state index contributed by atoms with van der Waals surface area (Å²) in [5, 5.41) is 0. The van der Waals surface area contributed by atoms with Crippen LogP contribution in [0.1, 0.15) is 10.4 Å². The molecular weight excluding hydrogens is 410 g/mol. The number of carbonyl (C=O) groups excluding carboxylic acids is 1. The van der Waals surface area contributed by atoms with E-state index in [1.54, 1.807) is 24.3 Å². The van der Waals surface area contributed by atoms with Crippen LogP contribution in [0.3, 0.4) is 0 Å². The zero-order valence-electron chi connectivity index (χ0n) is 7.94. The maximum absolute atomic E-state index is 10.8. The number of ether oxygens (including phenoxy) is 1. The van der Waals surface area contributed by atoms with Gasteiger partial charge >= 0.3 is 32.3 Å². The van der Waals surface area contributed by atoms with Crippen molar-refractivity contribution < 1.29 is 41.8 Å². The summed E-state index contributed by atoms with van der Waals surface area (Å²) in [6, 6.07) is 9.52. The molecule has 0 amide bonds. The molecule has 0 spiro atoms. The van der Waals surface area contributed by atoms with E-state index in [0.29, 0.717) is 5.56 Å². The Hall–Kier alpha value is -0.658. The standard InChI is InChI=1S/C8H7O2.CH3.2O.U/c1-10-8(9)7-5-3-2-4-6-7;;;;/h2-3,5-6H,1H3;1H3;;;/q2*-1;;;+2. The van der Waals surface area contributed by atoms with Crippen molar-refractivity contribution in [3.63, 3.8) is 0 Å². The predicted octanol–water partition coefficient (Wildman–Crippen LogP) is 1.49. The molecule has 0 radical (unpaired) electrons. The summed E-state index contributed by atoms with van der Waals surface area (Å²) in [6.45, 7) is 0. The van der Waals surface area contributed by atoms with Crippen molar-refractivity contribution in [3.05, 3.63) is 43.3 Å². The summed E-state index contributed by atoms with van der Waals surface area (Å²) in [7, 11) is 1.36. The first-order chi connectivity index (χ1) is 6.26. The minimum absolute atomic E-state index is 0. The van der Waals surface area contributed by atoms with Crippen LogP contribution in [0.15, 0.2) is 24.3 Å². The Kier molecular flexibility index (Phi) is 11.8. The average Bonchev–Trinajstić information content (AvgIpc) is 2.19. The van der Waals surface area contributed by atoms with Gasteiger partial charge in [0, 0.05) is 0 Å². The van der Waals surface area contributed by atoms with Crippen LogP contribution in [0.25, 0.3) is 0 Å². The fourth-order valence-electron chi connectivity index (χ4n) is 0.638. The Labute approximate surface area is 97.9 Å². The topological polar surface area (TPSA) is 60.4 Å².